The lowest BCUT2D eigenvalue weighted by Crippen LogP contribution is -2.14. The second kappa shape index (κ2) is 5.25. The third-order valence-corrected chi connectivity index (χ3v) is 2.81. The minimum atomic E-state index is -4.52. The maximum atomic E-state index is 13.0. The Bertz CT molecular complexity index is 626. The Hall–Kier alpha value is -2.49. The molecule has 2 aromatic rings. The van der Waals surface area contributed by atoms with Gasteiger partial charge in [-0.1, -0.05) is 0 Å². The van der Waals surface area contributed by atoms with E-state index < -0.39 is 11.7 Å². The van der Waals surface area contributed by atoms with Crippen LogP contribution in [0, 0.1) is 11.3 Å². The number of nitriles is 1. The fourth-order valence-corrected chi connectivity index (χ4v) is 1.79. The predicted octanol–water partition coefficient (Wildman–Crippen LogP) is 3.47. The number of nitrogens with one attached hydrogen (secondary N) is 2. The zero-order valence-electron chi connectivity index (χ0n) is 10.5. The first kappa shape index (κ1) is 13.9. The first-order chi connectivity index (χ1) is 9.41. The molecule has 1 heterocycles. The van der Waals surface area contributed by atoms with Crippen molar-refractivity contribution in [3.05, 3.63) is 47.3 Å². The van der Waals surface area contributed by atoms with Crippen LogP contribution in [0.1, 0.15) is 29.8 Å². The monoisotopic (exact) mass is 280 g/mol. The van der Waals surface area contributed by atoms with Gasteiger partial charge in [0.2, 0.25) is 0 Å². The molecule has 1 unspecified atom stereocenters. The number of H-pyrrole nitrogens is 1. The van der Waals surface area contributed by atoms with Crippen molar-refractivity contribution in [3.63, 3.8) is 0 Å². The average Bonchev–Trinajstić information content (AvgIpc) is 2.91. The van der Waals surface area contributed by atoms with E-state index >= 15 is 0 Å². The number of aromatic nitrogens is 2. The Labute approximate surface area is 113 Å². The summed E-state index contributed by atoms with van der Waals surface area (Å²) in [6, 6.07) is 6.45. The van der Waals surface area contributed by atoms with E-state index in [2.05, 4.69) is 15.5 Å². The van der Waals surface area contributed by atoms with Gasteiger partial charge in [-0.2, -0.15) is 23.5 Å². The first-order valence-corrected chi connectivity index (χ1v) is 5.79. The zero-order chi connectivity index (χ0) is 14.8. The summed E-state index contributed by atoms with van der Waals surface area (Å²) in [5.41, 5.74) is -0.291. The summed E-state index contributed by atoms with van der Waals surface area (Å²) in [5, 5.41) is 17.9. The van der Waals surface area contributed by atoms with E-state index in [9.17, 15) is 13.2 Å². The van der Waals surface area contributed by atoms with Gasteiger partial charge >= 0.3 is 6.18 Å². The molecule has 0 aliphatic heterocycles. The summed E-state index contributed by atoms with van der Waals surface area (Å²) < 4.78 is 39.0. The summed E-state index contributed by atoms with van der Waals surface area (Å²) in [4.78, 5) is 0. The second-order valence-electron chi connectivity index (χ2n) is 4.25. The van der Waals surface area contributed by atoms with Crippen molar-refractivity contribution in [1.82, 2.24) is 10.2 Å². The van der Waals surface area contributed by atoms with Crippen molar-refractivity contribution in [1.29, 1.82) is 5.26 Å². The van der Waals surface area contributed by atoms with Gasteiger partial charge in [0.05, 0.1) is 28.9 Å². The zero-order valence-corrected chi connectivity index (χ0v) is 10.5. The summed E-state index contributed by atoms with van der Waals surface area (Å²) in [7, 11) is 0. The molecule has 0 fully saturated rings. The van der Waals surface area contributed by atoms with Crippen LogP contribution >= 0.6 is 0 Å². The van der Waals surface area contributed by atoms with Crippen LogP contribution in [0.15, 0.2) is 30.5 Å². The number of alkyl halides is 3. The van der Waals surface area contributed by atoms with Gasteiger partial charge in [0.15, 0.2) is 0 Å². The smallest absolute Gasteiger partial charge is 0.376 e. The topological polar surface area (TPSA) is 64.5 Å². The van der Waals surface area contributed by atoms with Crippen molar-refractivity contribution < 1.29 is 13.2 Å². The molecule has 0 bridgehead atoms. The van der Waals surface area contributed by atoms with Gasteiger partial charge in [0.1, 0.15) is 0 Å². The van der Waals surface area contributed by atoms with Gasteiger partial charge in [0.25, 0.3) is 0 Å². The van der Waals surface area contributed by atoms with Gasteiger partial charge in [-0.25, -0.2) is 0 Å². The number of halogens is 3. The Morgan fingerprint density at radius 3 is 2.65 bits per heavy atom. The Morgan fingerprint density at radius 2 is 2.10 bits per heavy atom. The molecule has 0 amide bonds. The fourth-order valence-electron chi connectivity index (χ4n) is 1.79. The quantitative estimate of drug-likeness (QED) is 0.904. The molecule has 104 valence electrons. The highest BCUT2D eigenvalue weighted by Crippen LogP contribution is 2.36. The van der Waals surface area contributed by atoms with Crippen molar-refractivity contribution in [2.75, 3.05) is 5.32 Å². The van der Waals surface area contributed by atoms with Crippen molar-refractivity contribution >= 4 is 5.69 Å². The minimum absolute atomic E-state index is 0.0305. The van der Waals surface area contributed by atoms with Crippen LogP contribution in [-0.2, 0) is 6.18 Å². The number of hydrogen-bond acceptors (Lipinski definition) is 3. The average molecular weight is 280 g/mol. The lowest BCUT2D eigenvalue weighted by molar-refractivity contribution is -0.137. The summed E-state index contributed by atoms with van der Waals surface area (Å²) in [6.07, 6.45) is -3.00. The molecule has 20 heavy (non-hydrogen) atoms. The van der Waals surface area contributed by atoms with Crippen LogP contribution in [0.25, 0.3) is 0 Å². The molecule has 4 nitrogen and oxygen atoms in total. The highest BCUT2D eigenvalue weighted by molar-refractivity contribution is 5.56. The number of nitrogens with zero attached hydrogens (tertiary/aromatic N) is 2. The number of hydrogen-bond donors (Lipinski definition) is 2. The molecule has 7 heteroatoms. The molecule has 1 atom stereocenters. The van der Waals surface area contributed by atoms with Crippen LogP contribution < -0.4 is 5.32 Å². The van der Waals surface area contributed by atoms with Crippen LogP contribution in [0.4, 0.5) is 18.9 Å². The summed E-state index contributed by atoms with van der Waals surface area (Å²) in [6.45, 7) is 1.71. The van der Waals surface area contributed by atoms with Gasteiger partial charge in [0, 0.05) is 11.9 Å². The van der Waals surface area contributed by atoms with Crippen LogP contribution in [0.5, 0.6) is 0 Å². The maximum Gasteiger partial charge on any atom is 0.418 e. The molecule has 0 spiro atoms. The number of aromatic amines is 1. The van der Waals surface area contributed by atoms with Crippen molar-refractivity contribution in [3.8, 4) is 6.07 Å². The fraction of sp³-hybridized carbons (Fsp3) is 0.231. The van der Waals surface area contributed by atoms with Crippen LogP contribution in [0.3, 0.4) is 0 Å². The summed E-state index contributed by atoms with van der Waals surface area (Å²) >= 11 is 0. The number of benzene rings is 1. The third kappa shape index (κ3) is 2.91. The third-order valence-electron chi connectivity index (χ3n) is 2.81. The highest BCUT2D eigenvalue weighted by atomic mass is 19.4. The van der Waals surface area contributed by atoms with E-state index in [0.717, 1.165) is 6.07 Å². The van der Waals surface area contributed by atoms with Crippen LogP contribution in [-0.4, -0.2) is 10.2 Å². The van der Waals surface area contributed by atoms with E-state index in [-0.39, 0.29) is 17.3 Å². The Kier molecular flexibility index (Phi) is 3.66. The van der Waals surface area contributed by atoms with Crippen LogP contribution in [0.2, 0.25) is 0 Å². The maximum absolute atomic E-state index is 13.0. The summed E-state index contributed by atoms with van der Waals surface area (Å²) in [5.74, 6) is 0. The normalized spacial score (nSPS) is 12.8. The van der Waals surface area contributed by atoms with E-state index in [1.54, 1.807) is 19.1 Å². The number of rotatable bonds is 3. The lowest BCUT2D eigenvalue weighted by Gasteiger charge is -2.18. The molecular formula is C13H11F3N4. The van der Waals surface area contributed by atoms with Gasteiger partial charge in [-0.15, -0.1) is 0 Å². The number of anilines is 1. The molecular weight excluding hydrogens is 269 g/mol. The standard InChI is InChI=1S/C13H11F3N4/c1-8(11-4-5-18-20-11)19-12-3-2-9(7-17)6-10(12)13(14,15)16/h2-6,8,19H,1H3,(H,18,20). The Balaban J connectivity index is 2.34. The molecule has 0 aliphatic rings. The molecule has 0 aliphatic carbocycles. The second-order valence-corrected chi connectivity index (χ2v) is 4.25. The van der Waals surface area contributed by atoms with Crippen molar-refractivity contribution in [2.45, 2.75) is 19.1 Å². The molecule has 1 aromatic carbocycles. The van der Waals surface area contributed by atoms with Gasteiger partial charge < -0.3 is 5.32 Å². The van der Waals surface area contributed by atoms with E-state index in [1.165, 1.54) is 18.3 Å². The lowest BCUT2D eigenvalue weighted by atomic mass is 10.1. The molecule has 0 saturated carbocycles. The SMILES string of the molecule is CC(Nc1ccc(C#N)cc1C(F)(F)F)c1ccn[nH]1. The molecule has 2 N–H and O–H groups in total. The van der Waals surface area contributed by atoms with Gasteiger partial charge in [-0.3, -0.25) is 5.10 Å². The Morgan fingerprint density at radius 1 is 1.35 bits per heavy atom. The van der Waals surface area contributed by atoms with Gasteiger partial charge in [-0.05, 0) is 31.2 Å². The van der Waals surface area contributed by atoms with E-state index in [4.69, 9.17) is 5.26 Å². The van der Waals surface area contributed by atoms with E-state index in [0.29, 0.717) is 5.69 Å². The largest absolute Gasteiger partial charge is 0.418 e. The van der Waals surface area contributed by atoms with E-state index in [1.807, 2.05) is 0 Å². The first-order valence-electron chi connectivity index (χ1n) is 5.79. The molecule has 2 rings (SSSR count). The predicted molar refractivity (Wildman–Crippen MR) is 66.8 cm³/mol. The molecule has 0 radical (unpaired) electrons. The highest BCUT2D eigenvalue weighted by Gasteiger charge is 2.34. The minimum Gasteiger partial charge on any atom is -0.376 e. The molecule has 0 saturated heterocycles. The van der Waals surface area contributed by atoms with Crippen molar-refractivity contribution in [2.24, 2.45) is 0 Å². The molecule has 1 aromatic heterocycles.